The molecular formula is C18H12F3N3O2. The van der Waals surface area contributed by atoms with Gasteiger partial charge in [0.2, 0.25) is 0 Å². The predicted molar refractivity (Wildman–Crippen MR) is 88.4 cm³/mol. The van der Waals surface area contributed by atoms with Crippen molar-refractivity contribution in [2.45, 2.75) is 6.18 Å². The number of halogens is 3. The molecule has 2 aromatic heterocycles. The van der Waals surface area contributed by atoms with Gasteiger partial charge in [0.25, 0.3) is 5.91 Å². The topological polar surface area (TPSA) is 67.5 Å². The molecule has 26 heavy (non-hydrogen) atoms. The SMILES string of the molecule is O=C(N/N=C\c1ccc(-c2ccccc2C(F)(F)F)o1)c1ccncc1. The van der Waals surface area contributed by atoms with Crippen molar-refractivity contribution >= 4 is 12.1 Å². The minimum absolute atomic E-state index is 0.0554. The molecule has 5 nitrogen and oxygen atoms in total. The average Bonchev–Trinajstić information content (AvgIpc) is 3.10. The van der Waals surface area contributed by atoms with Crippen molar-refractivity contribution in [3.05, 3.63) is 77.8 Å². The van der Waals surface area contributed by atoms with Crippen molar-refractivity contribution < 1.29 is 22.4 Å². The van der Waals surface area contributed by atoms with E-state index in [0.717, 1.165) is 6.07 Å². The fourth-order valence-electron chi connectivity index (χ4n) is 2.23. The molecule has 0 saturated carbocycles. The molecule has 0 fully saturated rings. The largest absolute Gasteiger partial charge is 0.455 e. The number of carbonyl (C=O) groups excluding carboxylic acids is 1. The van der Waals surface area contributed by atoms with Crippen LogP contribution in [0.3, 0.4) is 0 Å². The minimum atomic E-state index is -4.49. The molecule has 0 saturated heterocycles. The molecule has 1 aromatic carbocycles. The van der Waals surface area contributed by atoms with Crippen LogP contribution in [0.1, 0.15) is 21.7 Å². The van der Waals surface area contributed by atoms with E-state index in [4.69, 9.17) is 4.42 Å². The summed E-state index contributed by atoms with van der Waals surface area (Å²) >= 11 is 0. The van der Waals surface area contributed by atoms with Crippen LogP contribution in [0, 0.1) is 0 Å². The molecule has 0 radical (unpaired) electrons. The van der Waals surface area contributed by atoms with Crippen molar-refractivity contribution in [3.8, 4) is 11.3 Å². The van der Waals surface area contributed by atoms with E-state index in [9.17, 15) is 18.0 Å². The molecule has 0 aliphatic heterocycles. The molecule has 132 valence electrons. The van der Waals surface area contributed by atoms with Crippen LogP contribution >= 0.6 is 0 Å². The van der Waals surface area contributed by atoms with Crippen molar-refractivity contribution in [1.29, 1.82) is 0 Å². The van der Waals surface area contributed by atoms with Crippen molar-refractivity contribution in [2.24, 2.45) is 5.10 Å². The average molecular weight is 359 g/mol. The quantitative estimate of drug-likeness (QED) is 0.563. The Bertz CT molecular complexity index is 934. The summed E-state index contributed by atoms with van der Waals surface area (Å²) in [5, 5.41) is 3.74. The lowest BCUT2D eigenvalue weighted by atomic mass is 10.1. The fraction of sp³-hybridized carbons (Fsp3) is 0.0556. The van der Waals surface area contributed by atoms with Crippen LogP contribution in [0.5, 0.6) is 0 Å². The number of carbonyl (C=O) groups is 1. The van der Waals surface area contributed by atoms with E-state index in [0.29, 0.717) is 5.56 Å². The first-order valence-electron chi connectivity index (χ1n) is 7.45. The second-order valence-electron chi connectivity index (χ2n) is 5.18. The highest BCUT2D eigenvalue weighted by Crippen LogP contribution is 2.37. The number of rotatable bonds is 4. The van der Waals surface area contributed by atoms with Crippen molar-refractivity contribution in [1.82, 2.24) is 10.4 Å². The van der Waals surface area contributed by atoms with Gasteiger partial charge in [0.15, 0.2) is 0 Å². The standard InChI is InChI=1S/C18H12F3N3O2/c19-18(20,21)15-4-2-1-3-14(15)16-6-5-13(26-16)11-23-24-17(25)12-7-9-22-10-8-12/h1-11H,(H,24,25)/b23-11-. The molecule has 1 amide bonds. The third kappa shape index (κ3) is 3.97. The van der Waals surface area contributed by atoms with Crippen LogP contribution in [0.25, 0.3) is 11.3 Å². The summed E-state index contributed by atoms with van der Waals surface area (Å²) in [5.41, 5.74) is 1.81. The second kappa shape index (κ2) is 7.22. The molecule has 8 heteroatoms. The van der Waals surface area contributed by atoms with Gasteiger partial charge >= 0.3 is 6.18 Å². The number of pyridine rings is 1. The number of nitrogens with zero attached hydrogens (tertiary/aromatic N) is 2. The monoisotopic (exact) mass is 359 g/mol. The number of amides is 1. The Kier molecular flexibility index (Phi) is 4.83. The van der Waals surface area contributed by atoms with Crippen LogP contribution in [-0.4, -0.2) is 17.1 Å². The van der Waals surface area contributed by atoms with E-state index in [-0.39, 0.29) is 17.1 Å². The molecule has 1 N–H and O–H groups in total. The van der Waals surface area contributed by atoms with Crippen LogP contribution < -0.4 is 5.43 Å². The summed E-state index contributed by atoms with van der Waals surface area (Å²) in [6, 6.07) is 11.0. The third-order valence-corrected chi connectivity index (χ3v) is 3.43. The zero-order valence-electron chi connectivity index (χ0n) is 13.2. The number of benzene rings is 1. The Balaban J connectivity index is 1.74. The van der Waals surface area contributed by atoms with Gasteiger partial charge in [0, 0.05) is 23.5 Å². The smallest absolute Gasteiger partial charge is 0.417 e. The molecule has 0 aliphatic rings. The van der Waals surface area contributed by atoms with Gasteiger partial charge in [0.1, 0.15) is 11.5 Å². The van der Waals surface area contributed by atoms with Gasteiger partial charge in [0.05, 0.1) is 11.8 Å². The number of aromatic nitrogens is 1. The number of alkyl halides is 3. The van der Waals surface area contributed by atoms with Gasteiger partial charge in [-0.15, -0.1) is 0 Å². The maximum Gasteiger partial charge on any atom is 0.417 e. The summed E-state index contributed by atoms with van der Waals surface area (Å²) in [6.45, 7) is 0. The summed E-state index contributed by atoms with van der Waals surface area (Å²) in [5.74, 6) is -0.190. The van der Waals surface area contributed by atoms with Crippen LogP contribution in [0.2, 0.25) is 0 Å². The first-order chi connectivity index (χ1) is 12.4. The van der Waals surface area contributed by atoms with Gasteiger partial charge < -0.3 is 4.42 Å². The normalized spacial score (nSPS) is 11.7. The lowest BCUT2D eigenvalue weighted by Crippen LogP contribution is -2.17. The van der Waals surface area contributed by atoms with Gasteiger partial charge in [-0.3, -0.25) is 9.78 Å². The highest BCUT2D eigenvalue weighted by molar-refractivity contribution is 5.94. The van der Waals surface area contributed by atoms with E-state index in [2.05, 4.69) is 15.5 Å². The van der Waals surface area contributed by atoms with Gasteiger partial charge in [-0.05, 0) is 30.3 Å². The Morgan fingerprint density at radius 3 is 2.54 bits per heavy atom. The molecule has 0 atom stereocenters. The Labute approximate surface area is 146 Å². The van der Waals surface area contributed by atoms with Crippen molar-refractivity contribution in [2.75, 3.05) is 0 Å². The van der Waals surface area contributed by atoms with Crippen LogP contribution in [0.15, 0.2) is 70.4 Å². The lowest BCUT2D eigenvalue weighted by molar-refractivity contribution is -0.137. The zero-order chi connectivity index (χ0) is 18.6. The molecular weight excluding hydrogens is 347 g/mol. The summed E-state index contributed by atoms with van der Waals surface area (Å²) in [4.78, 5) is 15.6. The third-order valence-electron chi connectivity index (χ3n) is 3.43. The minimum Gasteiger partial charge on any atom is -0.455 e. The van der Waals surface area contributed by atoms with Crippen LogP contribution in [0.4, 0.5) is 13.2 Å². The second-order valence-corrected chi connectivity index (χ2v) is 5.18. The van der Waals surface area contributed by atoms with E-state index in [1.165, 1.54) is 61.1 Å². The Hall–Kier alpha value is -3.42. The molecule has 3 aromatic rings. The lowest BCUT2D eigenvalue weighted by Gasteiger charge is -2.10. The molecule has 2 heterocycles. The summed E-state index contributed by atoms with van der Waals surface area (Å²) in [7, 11) is 0. The van der Waals surface area contributed by atoms with Gasteiger partial charge in [-0.25, -0.2) is 5.43 Å². The number of nitrogens with one attached hydrogen (secondary N) is 1. The molecule has 0 bridgehead atoms. The van der Waals surface area contributed by atoms with Gasteiger partial charge in [-0.2, -0.15) is 18.3 Å². The Morgan fingerprint density at radius 2 is 1.81 bits per heavy atom. The number of furan rings is 1. The van der Waals surface area contributed by atoms with E-state index >= 15 is 0 Å². The molecule has 0 aliphatic carbocycles. The van der Waals surface area contributed by atoms with Crippen LogP contribution in [-0.2, 0) is 6.18 Å². The molecule has 0 unspecified atom stereocenters. The highest BCUT2D eigenvalue weighted by Gasteiger charge is 2.34. The summed E-state index contributed by atoms with van der Waals surface area (Å²) < 4.78 is 44.6. The Morgan fingerprint density at radius 1 is 1.08 bits per heavy atom. The number of hydrogen-bond donors (Lipinski definition) is 1. The summed E-state index contributed by atoms with van der Waals surface area (Å²) in [6.07, 6.45) is -0.347. The molecule has 0 spiro atoms. The first-order valence-corrected chi connectivity index (χ1v) is 7.45. The maximum atomic E-state index is 13.1. The predicted octanol–water partition coefficient (Wildman–Crippen LogP) is 4.12. The highest BCUT2D eigenvalue weighted by atomic mass is 19.4. The van der Waals surface area contributed by atoms with E-state index in [1.807, 2.05) is 0 Å². The van der Waals surface area contributed by atoms with E-state index < -0.39 is 17.6 Å². The number of hydrogen-bond acceptors (Lipinski definition) is 4. The van der Waals surface area contributed by atoms with Crippen molar-refractivity contribution in [3.63, 3.8) is 0 Å². The fourth-order valence-corrected chi connectivity index (χ4v) is 2.23. The maximum absolute atomic E-state index is 13.1. The zero-order valence-corrected chi connectivity index (χ0v) is 13.2. The van der Waals surface area contributed by atoms with Gasteiger partial charge in [-0.1, -0.05) is 18.2 Å². The first kappa shape index (κ1) is 17.4. The number of hydrazone groups is 1. The van der Waals surface area contributed by atoms with E-state index in [1.54, 1.807) is 0 Å². The molecule has 3 rings (SSSR count).